The van der Waals surface area contributed by atoms with Gasteiger partial charge in [-0.2, -0.15) is 0 Å². The van der Waals surface area contributed by atoms with Crippen molar-refractivity contribution >= 4 is 17.8 Å². The molecule has 0 radical (unpaired) electrons. The van der Waals surface area contributed by atoms with E-state index in [0.29, 0.717) is 0 Å². The average Bonchev–Trinajstić information content (AvgIpc) is 2.44. The molecule has 116 valence electrons. The summed E-state index contributed by atoms with van der Waals surface area (Å²) in [7, 11) is 2.51. The molecule has 2 atom stereocenters. The normalized spacial score (nSPS) is 13.5. The van der Waals surface area contributed by atoms with Crippen LogP contribution in [-0.4, -0.2) is 62.1 Å². The molecule has 0 fully saturated rings. The zero-order valence-electron chi connectivity index (χ0n) is 12.8. The number of hydrogen-bond donors (Lipinski definition) is 1. The highest BCUT2D eigenvalue weighted by atomic mass is 16.5. The molecule has 7 heteroatoms. The number of nitrogens with one attached hydrogen (secondary N) is 1. The minimum Gasteiger partial charge on any atom is -0.468 e. The Hall–Kier alpha value is -1.63. The van der Waals surface area contributed by atoms with Crippen molar-refractivity contribution in [3.05, 3.63) is 0 Å². The fourth-order valence-electron chi connectivity index (χ4n) is 1.42. The Morgan fingerprint density at radius 3 is 1.85 bits per heavy atom. The maximum absolute atomic E-state index is 12.0. The fraction of sp³-hybridized carbons (Fsp3) is 0.769. The molecule has 0 aliphatic heterocycles. The third-order valence-electron chi connectivity index (χ3n) is 3.05. The zero-order valence-corrected chi connectivity index (χ0v) is 12.8. The zero-order chi connectivity index (χ0) is 15.7. The van der Waals surface area contributed by atoms with Crippen LogP contribution < -0.4 is 5.32 Å². The number of amides is 1. The van der Waals surface area contributed by atoms with Crippen molar-refractivity contribution < 1.29 is 23.9 Å². The van der Waals surface area contributed by atoms with E-state index in [1.165, 1.54) is 19.1 Å². The number of hydrogen-bond acceptors (Lipinski definition) is 6. The molecule has 0 saturated carbocycles. The molecule has 7 nitrogen and oxygen atoms in total. The van der Waals surface area contributed by atoms with Crippen LogP contribution in [0.3, 0.4) is 0 Å². The molecule has 1 N–H and O–H groups in total. The van der Waals surface area contributed by atoms with Crippen molar-refractivity contribution in [1.29, 1.82) is 0 Å². The van der Waals surface area contributed by atoms with E-state index >= 15 is 0 Å². The van der Waals surface area contributed by atoms with E-state index < -0.39 is 18.0 Å². The molecule has 0 saturated heterocycles. The molecule has 0 aliphatic carbocycles. The highest BCUT2D eigenvalue weighted by molar-refractivity contribution is 5.83. The van der Waals surface area contributed by atoms with Crippen LogP contribution in [0.2, 0.25) is 0 Å². The highest BCUT2D eigenvalue weighted by Crippen LogP contribution is 2.02. The Kier molecular flexibility index (Phi) is 8.54. The first-order chi connectivity index (χ1) is 9.35. The van der Waals surface area contributed by atoms with Crippen molar-refractivity contribution in [3.63, 3.8) is 0 Å². The van der Waals surface area contributed by atoms with Crippen molar-refractivity contribution in [2.24, 2.45) is 0 Å². The monoisotopic (exact) mass is 288 g/mol. The molecular weight excluding hydrogens is 264 g/mol. The lowest BCUT2D eigenvalue weighted by Crippen LogP contribution is -2.50. The van der Waals surface area contributed by atoms with Gasteiger partial charge in [-0.1, -0.05) is 6.92 Å². The fourth-order valence-corrected chi connectivity index (χ4v) is 1.42. The predicted octanol–water partition coefficient (Wildman–Crippen LogP) is -0.0624. The smallest absolute Gasteiger partial charge is 0.319 e. The van der Waals surface area contributed by atoms with Gasteiger partial charge < -0.3 is 14.8 Å². The second-order valence-corrected chi connectivity index (χ2v) is 4.55. The molecule has 1 amide bonds. The van der Waals surface area contributed by atoms with E-state index in [1.807, 2.05) is 13.8 Å². The minimum atomic E-state index is -0.637. The van der Waals surface area contributed by atoms with Crippen LogP contribution in [0.4, 0.5) is 0 Å². The molecule has 0 bridgehead atoms. The summed E-state index contributed by atoms with van der Waals surface area (Å²) < 4.78 is 9.13. The highest BCUT2D eigenvalue weighted by Gasteiger charge is 2.26. The van der Waals surface area contributed by atoms with E-state index in [-0.39, 0.29) is 25.0 Å². The van der Waals surface area contributed by atoms with Gasteiger partial charge >= 0.3 is 11.9 Å². The molecule has 0 aliphatic rings. The van der Waals surface area contributed by atoms with Crippen molar-refractivity contribution in [2.45, 2.75) is 39.3 Å². The summed E-state index contributed by atoms with van der Waals surface area (Å²) >= 11 is 0. The Labute approximate surface area is 119 Å². The molecule has 0 heterocycles. The molecule has 0 aromatic heterocycles. The van der Waals surface area contributed by atoms with Crippen molar-refractivity contribution in [3.8, 4) is 0 Å². The van der Waals surface area contributed by atoms with Gasteiger partial charge in [-0.15, -0.1) is 0 Å². The van der Waals surface area contributed by atoms with Crippen LogP contribution in [0.5, 0.6) is 0 Å². The van der Waals surface area contributed by atoms with Gasteiger partial charge in [-0.05, 0) is 20.3 Å². The van der Waals surface area contributed by atoms with Crippen LogP contribution >= 0.6 is 0 Å². The number of esters is 2. The van der Waals surface area contributed by atoms with Gasteiger partial charge in [0.1, 0.15) is 0 Å². The summed E-state index contributed by atoms with van der Waals surface area (Å²) in [4.78, 5) is 36.1. The number of ether oxygens (including phenoxy) is 2. The predicted molar refractivity (Wildman–Crippen MR) is 73.0 cm³/mol. The van der Waals surface area contributed by atoms with Gasteiger partial charge in [0.05, 0.1) is 33.4 Å². The molecule has 20 heavy (non-hydrogen) atoms. The maximum Gasteiger partial charge on any atom is 0.319 e. The summed E-state index contributed by atoms with van der Waals surface area (Å²) in [6, 6.07) is -0.606. The number of methoxy groups -OCH3 is 2. The topological polar surface area (TPSA) is 84.9 Å². The number of nitrogens with zero attached hydrogens (tertiary/aromatic N) is 1. The molecule has 0 aromatic rings. The first-order valence-corrected chi connectivity index (χ1v) is 6.53. The first-order valence-electron chi connectivity index (χ1n) is 6.53. The SMILES string of the molecule is CCC(C)NC(=O)C(C)N(CC(=O)OC)CC(=O)OC. The summed E-state index contributed by atoms with van der Waals surface area (Å²) in [5.74, 6) is -1.28. The number of rotatable bonds is 8. The van der Waals surface area contributed by atoms with Gasteiger partial charge in [0.15, 0.2) is 0 Å². The lowest BCUT2D eigenvalue weighted by Gasteiger charge is -2.27. The van der Waals surface area contributed by atoms with E-state index in [4.69, 9.17) is 0 Å². The quantitative estimate of drug-likeness (QED) is 0.630. The lowest BCUT2D eigenvalue weighted by molar-refractivity contribution is -0.147. The molecular formula is C13H24N2O5. The largest absolute Gasteiger partial charge is 0.468 e. The van der Waals surface area contributed by atoms with E-state index in [0.717, 1.165) is 6.42 Å². The minimum absolute atomic E-state index is 0.0306. The van der Waals surface area contributed by atoms with Crippen LogP contribution in [0.25, 0.3) is 0 Å². The third kappa shape index (κ3) is 6.51. The van der Waals surface area contributed by atoms with E-state index in [1.54, 1.807) is 6.92 Å². The molecule has 0 rings (SSSR count). The second-order valence-electron chi connectivity index (χ2n) is 4.55. The van der Waals surface area contributed by atoms with Crippen LogP contribution in [0, 0.1) is 0 Å². The molecule has 0 aromatic carbocycles. The standard InChI is InChI=1S/C13H24N2O5/c1-6-9(2)14-13(18)10(3)15(7-11(16)19-4)8-12(17)20-5/h9-10H,6-8H2,1-5H3,(H,14,18). The van der Waals surface area contributed by atoms with Crippen molar-refractivity contribution in [1.82, 2.24) is 10.2 Å². The van der Waals surface area contributed by atoms with Crippen molar-refractivity contribution in [2.75, 3.05) is 27.3 Å². The first kappa shape index (κ1) is 18.4. The summed E-state index contributed by atoms with van der Waals surface area (Å²) in [6.07, 6.45) is 0.798. The molecule has 0 spiro atoms. The van der Waals surface area contributed by atoms with Gasteiger partial charge in [0.25, 0.3) is 0 Å². The van der Waals surface area contributed by atoms with Gasteiger partial charge in [0.2, 0.25) is 5.91 Å². The van der Waals surface area contributed by atoms with E-state index in [2.05, 4.69) is 14.8 Å². The average molecular weight is 288 g/mol. The van der Waals surface area contributed by atoms with Crippen LogP contribution in [0.1, 0.15) is 27.2 Å². The van der Waals surface area contributed by atoms with E-state index in [9.17, 15) is 14.4 Å². The van der Waals surface area contributed by atoms with Crippen LogP contribution in [-0.2, 0) is 23.9 Å². The molecule has 2 unspecified atom stereocenters. The second kappa shape index (κ2) is 9.30. The Morgan fingerprint density at radius 1 is 1.05 bits per heavy atom. The van der Waals surface area contributed by atoms with Crippen LogP contribution in [0.15, 0.2) is 0 Å². The lowest BCUT2D eigenvalue weighted by atomic mass is 10.2. The summed E-state index contributed by atoms with van der Waals surface area (Å²) in [5.41, 5.74) is 0. The Bertz CT molecular complexity index is 328. The summed E-state index contributed by atoms with van der Waals surface area (Å²) in [6.45, 7) is 5.16. The number of carbonyl (C=O) groups is 3. The summed E-state index contributed by atoms with van der Waals surface area (Å²) in [5, 5.41) is 2.81. The Morgan fingerprint density at radius 2 is 1.50 bits per heavy atom. The van der Waals surface area contributed by atoms with Gasteiger partial charge in [-0.3, -0.25) is 19.3 Å². The number of carbonyl (C=O) groups excluding carboxylic acids is 3. The maximum atomic E-state index is 12.0. The van der Waals surface area contributed by atoms with Gasteiger partial charge in [-0.25, -0.2) is 0 Å². The van der Waals surface area contributed by atoms with Gasteiger partial charge in [0, 0.05) is 6.04 Å². The Balaban J connectivity index is 4.76. The third-order valence-corrected chi connectivity index (χ3v) is 3.05.